The van der Waals surface area contributed by atoms with Gasteiger partial charge >= 0.3 is 0 Å². The molecule has 9 nitrogen and oxygen atoms in total. The van der Waals surface area contributed by atoms with Crippen LogP contribution in [0, 0.1) is 0 Å². The average molecular weight is 610 g/mol. The molecule has 3 N–H and O–H groups in total. The molecule has 0 atom stereocenters. The Morgan fingerprint density at radius 2 is 0.767 bits per heavy atom. The number of nitrogens with one attached hydrogen (secondary N) is 3. The molecule has 0 saturated heterocycles. The lowest BCUT2D eigenvalue weighted by molar-refractivity contribution is -0.136. The molecule has 9 heteroatoms. The number of amides is 4. The van der Waals surface area contributed by atoms with Crippen LogP contribution in [0.15, 0.2) is 0 Å². The van der Waals surface area contributed by atoms with Crippen molar-refractivity contribution < 1.29 is 19.2 Å². The van der Waals surface area contributed by atoms with Gasteiger partial charge in [0.05, 0.1) is 0 Å². The molecule has 0 aromatic heterocycles. The molecule has 4 amide bonds. The number of rotatable bonds is 30. The van der Waals surface area contributed by atoms with Gasteiger partial charge in [-0.3, -0.25) is 19.2 Å². The maximum Gasteiger partial charge on any atom is 0.231 e. The average Bonchev–Trinajstić information content (AvgIpc) is 2.98. The van der Waals surface area contributed by atoms with E-state index in [0.29, 0.717) is 13.1 Å². The molecule has 252 valence electrons. The van der Waals surface area contributed by atoms with Crippen LogP contribution in [0.1, 0.15) is 142 Å². The van der Waals surface area contributed by atoms with E-state index in [1.165, 1.54) is 38.5 Å². The minimum atomic E-state index is -0.173. The number of nitrogens with zero attached hydrogens (tertiary/aromatic N) is 2. The number of hydrogen-bond donors (Lipinski definition) is 3. The van der Waals surface area contributed by atoms with Gasteiger partial charge in [0.2, 0.25) is 23.6 Å². The Bertz CT molecular complexity index is 661. The molecule has 0 rings (SSSR count). The monoisotopic (exact) mass is 610 g/mol. The maximum absolute atomic E-state index is 12.2. The molecule has 0 aromatic carbocycles. The first-order chi connectivity index (χ1) is 20.8. The lowest BCUT2D eigenvalue weighted by Crippen LogP contribution is -2.34. The number of unbranched alkanes of at least 4 members (excludes halogenated alkanes) is 14. The molecule has 0 bridgehead atoms. The van der Waals surface area contributed by atoms with E-state index in [1.54, 1.807) is 23.9 Å². The van der Waals surface area contributed by atoms with Crippen molar-refractivity contribution in [3.8, 4) is 0 Å². The van der Waals surface area contributed by atoms with Crippen molar-refractivity contribution in [2.45, 2.75) is 142 Å². The molecule has 0 aliphatic carbocycles. The molecule has 0 radical (unpaired) electrons. The third-order valence-corrected chi connectivity index (χ3v) is 7.87. The van der Waals surface area contributed by atoms with Crippen LogP contribution in [-0.2, 0) is 19.2 Å². The summed E-state index contributed by atoms with van der Waals surface area (Å²) in [5.74, 6) is -0.538. The third kappa shape index (κ3) is 27.1. The van der Waals surface area contributed by atoms with Crippen molar-refractivity contribution in [1.82, 2.24) is 25.8 Å². The molecule has 0 heterocycles. The zero-order chi connectivity index (χ0) is 32.0. The van der Waals surface area contributed by atoms with E-state index in [4.69, 9.17) is 0 Å². The summed E-state index contributed by atoms with van der Waals surface area (Å²) in [4.78, 5) is 51.8. The third-order valence-electron chi connectivity index (χ3n) is 7.87. The van der Waals surface area contributed by atoms with Gasteiger partial charge in [0, 0.05) is 40.3 Å². The highest BCUT2D eigenvalue weighted by Gasteiger charge is 2.14. The zero-order valence-corrected chi connectivity index (χ0v) is 28.4. The summed E-state index contributed by atoms with van der Waals surface area (Å²) in [7, 11) is 3.57. The van der Waals surface area contributed by atoms with Crippen LogP contribution in [0.4, 0.5) is 0 Å². The summed E-state index contributed by atoms with van der Waals surface area (Å²) in [5.41, 5.74) is 0. The van der Waals surface area contributed by atoms with Crippen molar-refractivity contribution in [1.29, 1.82) is 0 Å². The summed E-state index contributed by atoms with van der Waals surface area (Å²) in [5, 5.41) is 9.25. The topological polar surface area (TPSA) is 111 Å². The maximum atomic E-state index is 12.2. The first-order valence-electron chi connectivity index (χ1n) is 17.5. The molecule has 0 saturated carbocycles. The van der Waals surface area contributed by atoms with Crippen LogP contribution in [0.2, 0.25) is 0 Å². The highest BCUT2D eigenvalue weighted by molar-refractivity contribution is 5.97. The number of hydrogen-bond acceptors (Lipinski definition) is 5. The van der Waals surface area contributed by atoms with Gasteiger partial charge in [0.1, 0.15) is 12.8 Å². The zero-order valence-electron chi connectivity index (χ0n) is 28.4. The second-order valence-corrected chi connectivity index (χ2v) is 12.1. The Hall–Kier alpha value is -2.16. The van der Waals surface area contributed by atoms with E-state index in [9.17, 15) is 19.2 Å². The molecular formula is C34H67N5O4. The van der Waals surface area contributed by atoms with Crippen molar-refractivity contribution in [3.63, 3.8) is 0 Å². The largest absolute Gasteiger partial charge is 0.356 e. The Balaban J connectivity index is 3.50. The van der Waals surface area contributed by atoms with Crippen molar-refractivity contribution >= 4 is 23.6 Å². The van der Waals surface area contributed by atoms with E-state index in [2.05, 4.69) is 29.8 Å². The second-order valence-electron chi connectivity index (χ2n) is 12.1. The molecule has 43 heavy (non-hydrogen) atoms. The number of carbonyl (C=O) groups is 4. The fraction of sp³-hybridized carbons (Fsp3) is 0.882. The van der Waals surface area contributed by atoms with Crippen LogP contribution in [0.3, 0.4) is 0 Å². The van der Waals surface area contributed by atoms with Crippen LogP contribution < -0.4 is 16.0 Å². The van der Waals surface area contributed by atoms with Crippen LogP contribution >= 0.6 is 0 Å². The summed E-state index contributed by atoms with van der Waals surface area (Å²) >= 11 is 0. The van der Waals surface area contributed by atoms with Gasteiger partial charge in [-0.2, -0.15) is 0 Å². The van der Waals surface area contributed by atoms with Gasteiger partial charge in [-0.15, -0.1) is 0 Å². The Morgan fingerprint density at radius 1 is 0.442 bits per heavy atom. The van der Waals surface area contributed by atoms with Crippen LogP contribution in [0.5, 0.6) is 0 Å². The molecule has 0 fully saturated rings. The van der Waals surface area contributed by atoms with Gasteiger partial charge in [-0.1, -0.05) is 90.9 Å². The molecular weight excluding hydrogens is 542 g/mol. The fourth-order valence-electron chi connectivity index (χ4n) is 4.86. The molecule has 0 spiro atoms. The predicted molar refractivity (Wildman–Crippen MR) is 178 cm³/mol. The lowest BCUT2D eigenvalue weighted by Gasteiger charge is -2.17. The number of carbonyl (C=O) groups excluding carboxylic acids is 4. The smallest absolute Gasteiger partial charge is 0.231 e. The van der Waals surface area contributed by atoms with Gasteiger partial charge in [0.15, 0.2) is 0 Å². The first kappa shape index (κ1) is 40.8. The molecule has 0 aliphatic rings. The Kier molecular flexibility index (Phi) is 28.4. The molecule has 0 aromatic rings. The van der Waals surface area contributed by atoms with Crippen LogP contribution in [-0.4, -0.2) is 86.8 Å². The normalized spacial score (nSPS) is 10.9. The SMILES string of the molecule is CCCCCCCN(C)C(=O)CC(=O)NCCCCCCNCCCCCCNC(=O)CC(=O)N(C)CCCCCCC. The van der Waals surface area contributed by atoms with Crippen molar-refractivity contribution in [2.24, 2.45) is 0 Å². The first-order valence-corrected chi connectivity index (χ1v) is 17.5. The predicted octanol–water partition coefficient (Wildman–Crippen LogP) is 5.57. The summed E-state index contributed by atoms with van der Waals surface area (Å²) < 4.78 is 0. The van der Waals surface area contributed by atoms with Gasteiger partial charge in [0.25, 0.3) is 0 Å². The van der Waals surface area contributed by atoms with E-state index >= 15 is 0 Å². The molecule has 0 aliphatic heterocycles. The van der Waals surface area contributed by atoms with Crippen molar-refractivity contribution in [3.05, 3.63) is 0 Å². The van der Waals surface area contributed by atoms with Gasteiger partial charge < -0.3 is 25.8 Å². The minimum Gasteiger partial charge on any atom is -0.356 e. The summed E-state index contributed by atoms with van der Waals surface area (Å²) in [6.07, 6.45) is 20.0. The second kappa shape index (κ2) is 29.9. The Labute approximate surface area is 264 Å². The van der Waals surface area contributed by atoms with E-state index in [1.807, 2.05) is 0 Å². The van der Waals surface area contributed by atoms with E-state index in [0.717, 1.165) is 103 Å². The standard InChI is InChI=1S/C34H67N5O4/c1-5-7-9-15-21-27-38(3)33(42)29-31(40)36-25-19-13-11-17-23-35-24-18-12-14-20-26-37-32(41)30-34(43)39(4)28-22-16-10-8-6-2/h35H,5-30H2,1-4H3,(H,36,40)(H,37,41). The molecule has 0 unspecified atom stereocenters. The van der Waals surface area contributed by atoms with Gasteiger partial charge in [-0.05, 0) is 51.6 Å². The highest BCUT2D eigenvalue weighted by Crippen LogP contribution is 2.06. The Morgan fingerprint density at radius 3 is 1.14 bits per heavy atom. The van der Waals surface area contributed by atoms with Crippen molar-refractivity contribution in [2.75, 3.05) is 53.4 Å². The minimum absolute atomic E-state index is 0.0534. The quantitative estimate of drug-likeness (QED) is 0.0729. The lowest BCUT2D eigenvalue weighted by atomic mass is 10.1. The van der Waals surface area contributed by atoms with E-state index < -0.39 is 0 Å². The summed E-state index contributed by atoms with van der Waals surface area (Å²) in [6.45, 7) is 9.10. The highest BCUT2D eigenvalue weighted by atomic mass is 16.2. The fourth-order valence-corrected chi connectivity index (χ4v) is 4.86. The van der Waals surface area contributed by atoms with Gasteiger partial charge in [-0.25, -0.2) is 0 Å². The summed E-state index contributed by atoms with van der Waals surface area (Å²) in [6, 6.07) is 0. The van der Waals surface area contributed by atoms with E-state index in [-0.39, 0.29) is 36.5 Å². The van der Waals surface area contributed by atoms with Crippen LogP contribution in [0.25, 0.3) is 0 Å².